The molecule has 1 aromatic carbocycles. The van der Waals surface area contributed by atoms with Crippen LogP contribution in [0.3, 0.4) is 0 Å². The zero-order valence-corrected chi connectivity index (χ0v) is 15.7. The molecule has 0 spiro atoms. The molecule has 0 unspecified atom stereocenters. The molecule has 0 bridgehead atoms. The number of nitrogens with zero attached hydrogens (tertiary/aromatic N) is 1. The number of urea groups is 1. The number of hydrogen-bond donors (Lipinski definition) is 2. The van der Waals surface area contributed by atoms with Gasteiger partial charge < -0.3 is 15.4 Å². The highest BCUT2D eigenvalue weighted by atomic mass is 35.5. The predicted octanol–water partition coefficient (Wildman–Crippen LogP) is 2.06. The Kier molecular flexibility index (Phi) is 5.41. The average molecular weight is 400 g/mol. The van der Waals surface area contributed by atoms with Crippen molar-refractivity contribution in [2.24, 2.45) is 0 Å². The van der Waals surface area contributed by atoms with Crippen molar-refractivity contribution in [3.8, 4) is 0 Å². The van der Waals surface area contributed by atoms with Gasteiger partial charge in [-0.25, -0.2) is 4.79 Å². The van der Waals surface area contributed by atoms with Crippen LogP contribution in [-0.2, 0) is 19.9 Å². The maximum atomic E-state index is 12.8. The quantitative estimate of drug-likeness (QED) is 0.741. The van der Waals surface area contributed by atoms with E-state index in [1.54, 1.807) is 19.1 Å². The molecular weight excluding hydrogens is 381 g/mol. The predicted molar refractivity (Wildman–Crippen MR) is 96.0 cm³/mol. The minimum absolute atomic E-state index is 0.0137. The van der Waals surface area contributed by atoms with E-state index in [0.717, 1.165) is 17.7 Å². The second-order valence-corrected chi connectivity index (χ2v) is 7.35. The Labute approximate surface area is 160 Å². The molecule has 0 saturated carbocycles. The maximum absolute atomic E-state index is 12.8. The summed E-state index contributed by atoms with van der Waals surface area (Å²) >= 11 is 12.1. The molecule has 2 heterocycles. The van der Waals surface area contributed by atoms with Crippen molar-refractivity contribution in [3.63, 3.8) is 0 Å². The number of imide groups is 1. The summed E-state index contributed by atoms with van der Waals surface area (Å²) < 4.78 is 5.43. The molecule has 7 nitrogen and oxygen atoms in total. The molecular formula is C17H19Cl2N3O4. The first-order valence-electron chi connectivity index (χ1n) is 8.29. The van der Waals surface area contributed by atoms with Crippen molar-refractivity contribution in [2.75, 3.05) is 19.7 Å². The second-order valence-electron chi connectivity index (χ2n) is 6.51. The zero-order chi connectivity index (χ0) is 18.9. The van der Waals surface area contributed by atoms with E-state index >= 15 is 0 Å². The van der Waals surface area contributed by atoms with Gasteiger partial charge in [-0.3, -0.25) is 14.5 Å². The number of carbonyl (C=O) groups is 3. The summed E-state index contributed by atoms with van der Waals surface area (Å²) in [6.45, 7) is 2.24. The van der Waals surface area contributed by atoms with Crippen LogP contribution in [0.2, 0.25) is 10.0 Å². The number of carbonyl (C=O) groups excluding carboxylic acids is 3. The molecule has 0 radical (unpaired) electrons. The first kappa shape index (κ1) is 18.9. The van der Waals surface area contributed by atoms with Gasteiger partial charge in [0.15, 0.2) is 0 Å². The molecule has 2 aliphatic rings. The fraction of sp³-hybridized carbons (Fsp3) is 0.471. The minimum atomic E-state index is -1.35. The van der Waals surface area contributed by atoms with E-state index < -0.39 is 23.4 Å². The van der Waals surface area contributed by atoms with E-state index in [1.165, 1.54) is 6.07 Å². The van der Waals surface area contributed by atoms with Gasteiger partial charge in [-0.15, -0.1) is 0 Å². The monoisotopic (exact) mass is 399 g/mol. The van der Waals surface area contributed by atoms with Crippen molar-refractivity contribution in [1.29, 1.82) is 0 Å². The highest BCUT2D eigenvalue weighted by Gasteiger charge is 2.50. The highest BCUT2D eigenvalue weighted by Crippen LogP contribution is 2.34. The molecule has 2 saturated heterocycles. The molecule has 2 N–H and O–H groups in total. The summed E-state index contributed by atoms with van der Waals surface area (Å²) in [4.78, 5) is 38.1. The van der Waals surface area contributed by atoms with E-state index in [9.17, 15) is 14.4 Å². The van der Waals surface area contributed by atoms with Gasteiger partial charge in [0.2, 0.25) is 5.91 Å². The Balaban J connectivity index is 1.68. The van der Waals surface area contributed by atoms with Gasteiger partial charge in [0.1, 0.15) is 12.1 Å². The molecule has 3 rings (SSSR count). The Morgan fingerprint density at radius 1 is 1.42 bits per heavy atom. The number of rotatable bonds is 5. The van der Waals surface area contributed by atoms with Gasteiger partial charge in [-0.05, 0) is 31.9 Å². The standard InChI is InChI=1S/C17H19Cl2N3O4/c1-17(12-5-4-10(18)7-13(12)19)15(24)22(16(25)21-17)9-14(23)20-8-11-3-2-6-26-11/h4-5,7,11H,2-3,6,8-9H2,1H3,(H,20,23)(H,21,25)/t11-,17-/m1/s1. The van der Waals surface area contributed by atoms with Crippen LogP contribution in [0.4, 0.5) is 4.79 Å². The zero-order valence-electron chi connectivity index (χ0n) is 14.2. The van der Waals surface area contributed by atoms with E-state index in [-0.39, 0.29) is 17.7 Å². The van der Waals surface area contributed by atoms with E-state index in [1.807, 2.05) is 0 Å². The maximum Gasteiger partial charge on any atom is 0.325 e. The summed E-state index contributed by atoms with van der Waals surface area (Å²) in [6.07, 6.45) is 1.84. The lowest BCUT2D eigenvalue weighted by atomic mass is 9.92. The van der Waals surface area contributed by atoms with Crippen LogP contribution in [0.25, 0.3) is 0 Å². The van der Waals surface area contributed by atoms with Gasteiger partial charge in [0.05, 0.1) is 6.10 Å². The van der Waals surface area contributed by atoms with Crippen LogP contribution in [0.1, 0.15) is 25.3 Å². The first-order chi connectivity index (χ1) is 12.3. The number of amides is 4. The third-order valence-electron chi connectivity index (χ3n) is 4.60. The lowest BCUT2D eigenvalue weighted by Crippen LogP contribution is -2.44. The van der Waals surface area contributed by atoms with Crippen molar-refractivity contribution < 1.29 is 19.1 Å². The van der Waals surface area contributed by atoms with Crippen molar-refractivity contribution in [1.82, 2.24) is 15.5 Å². The Morgan fingerprint density at radius 2 is 2.19 bits per heavy atom. The topological polar surface area (TPSA) is 87.7 Å². The van der Waals surface area contributed by atoms with Gasteiger partial charge in [-0.2, -0.15) is 0 Å². The summed E-state index contributed by atoms with van der Waals surface area (Å²) in [5.41, 5.74) is -0.933. The summed E-state index contributed by atoms with van der Waals surface area (Å²) in [5, 5.41) is 5.99. The normalized spacial score (nSPS) is 25.5. The van der Waals surface area contributed by atoms with E-state index in [4.69, 9.17) is 27.9 Å². The number of ether oxygens (including phenoxy) is 1. The van der Waals surface area contributed by atoms with Crippen molar-refractivity contribution in [3.05, 3.63) is 33.8 Å². The average Bonchev–Trinajstić information content (AvgIpc) is 3.16. The van der Waals surface area contributed by atoms with Crippen LogP contribution >= 0.6 is 23.2 Å². The highest BCUT2D eigenvalue weighted by molar-refractivity contribution is 6.35. The molecule has 26 heavy (non-hydrogen) atoms. The lowest BCUT2D eigenvalue weighted by Gasteiger charge is -2.23. The van der Waals surface area contributed by atoms with Crippen LogP contribution in [-0.4, -0.2) is 48.5 Å². The van der Waals surface area contributed by atoms with Crippen LogP contribution in [0.5, 0.6) is 0 Å². The van der Waals surface area contributed by atoms with Crippen molar-refractivity contribution >= 4 is 41.0 Å². The summed E-state index contributed by atoms with van der Waals surface area (Å²) in [6, 6.07) is 4.03. The van der Waals surface area contributed by atoms with E-state index in [0.29, 0.717) is 23.7 Å². The van der Waals surface area contributed by atoms with Gasteiger partial charge >= 0.3 is 6.03 Å². The van der Waals surface area contributed by atoms with Gasteiger partial charge in [-0.1, -0.05) is 29.3 Å². The molecule has 1 aromatic rings. The Hall–Kier alpha value is -1.83. The van der Waals surface area contributed by atoms with Gasteiger partial charge in [0, 0.05) is 28.8 Å². The molecule has 2 fully saturated rings. The Bertz CT molecular complexity index is 752. The largest absolute Gasteiger partial charge is 0.376 e. The summed E-state index contributed by atoms with van der Waals surface area (Å²) in [7, 11) is 0. The second kappa shape index (κ2) is 7.42. The lowest BCUT2D eigenvalue weighted by molar-refractivity contribution is -0.134. The van der Waals surface area contributed by atoms with Crippen molar-refractivity contribution in [2.45, 2.75) is 31.4 Å². The van der Waals surface area contributed by atoms with Crippen LogP contribution < -0.4 is 10.6 Å². The fourth-order valence-corrected chi connectivity index (χ4v) is 3.75. The number of benzene rings is 1. The number of nitrogens with one attached hydrogen (secondary N) is 2. The number of hydrogen-bond acceptors (Lipinski definition) is 4. The molecule has 140 valence electrons. The Morgan fingerprint density at radius 3 is 2.85 bits per heavy atom. The van der Waals surface area contributed by atoms with Crippen LogP contribution in [0, 0.1) is 0 Å². The molecule has 0 aromatic heterocycles. The fourth-order valence-electron chi connectivity index (χ4n) is 3.15. The SMILES string of the molecule is C[C@]1(c2ccc(Cl)cc2Cl)NC(=O)N(CC(=O)NC[C@H]2CCCO2)C1=O. The third-order valence-corrected chi connectivity index (χ3v) is 5.15. The first-order valence-corrected chi connectivity index (χ1v) is 9.05. The third kappa shape index (κ3) is 3.65. The van der Waals surface area contributed by atoms with Crippen LogP contribution in [0.15, 0.2) is 18.2 Å². The smallest absolute Gasteiger partial charge is 0.325 e. The summed E-state index contributed by atoms with van der Waals surface area (Å²) in [5.74, 6) is -0.963. The molecule has 2 aliphatic heterocycles. The molecule has 9 heteroatoms. The minimum Gasteiger partial charge on any atom is -0.376 e. The van der Waals surface area contributed by atoms with Gasteiger partial charge in [0.25, 0.3) is 5.91 Å². The molecule has 0 aliphatic carbocycles. The molecule has 2 atom stereocenters. The number of halogens is 2. The molecule has 4 amide bonds. The van der Waals surface area contributed by atoms with E-state index in [2.05, 4.69) is 10.6 Å².